The predicted octanol–water partition coefficient (Wildman–Crippen LogP) is 3.01. The molecule has 176 valence electrons. The predicted molar refractivity (Wildman–Crippen MR) is 129 cm³/mol. The summed E-state index contributed by atoms with van der Waals surface area (Å²) >= 11 is 0. The number of aliphatic hydroxyl groups is 1. The van der Waals surface area contributed by atoms with Crippen molar-refractivity contribution in [2.24, 2.45) is 5.73 Å². The number of nitrogens with one attached hydrogen (secondary N) is 1. The van der Waals surface area contributed by atoms with Gasteiger partial charge >= 0.3 is 0 Å². The van der Waals surface area contributed by atoms with Crippen molar-refractivity contribution in [2.45, 2.75) is 69.1 Å². The van der Waals surface area contributed by atoms with Crippen molar-refractivity contribution in [3.05, 3.63) is 71.3 Å². The quantitative estimate of drug-likeness (QED) is 0.654. The van der Waals surface area contributed by atoms with Crippen LogP contribution in [-0.2, 0) is 15.0 Å². The second-order valence-electron chi connectivity index (χ2n) is 10.3. The fourth-order valence-electron chi connectivity index (χ4n) is 5.36. The van der Waals surface area contributed by atoms with Crippen LogP contribution < -0.4 is 11.1 Å². The molecule has 1 aliphatic heterocycles. The number of nitrogens with zero attached hydrogens (tertiary/aromatic N) is 1. The second kappa shape index (κ2) is 8.92. The number of piperidine rings is 1. The maximum Gasteiger partial charge on any atom is 0.245 e. The maximum absolute atomic E-state index is 13.7. The minimum Gasteiger partial charge on any atom is -0.388 e. The first kappa shape index (κ1) is 23.5. The van der Waals surface area contributed by atoms with Gasteiger partial charge in [0.1, 0.15) is 6.04 Å². The van der Waals surface area contributed by atoms with E-state index in [1.165, 1.54) is 5.56 Å². The Kier molecular flexibility index (Phi) is 6.34. The van der Waals surface area contributed by atoms with E-state index in [1.54, 1.807) is 13.8 Å². The van der Waals surface area contributed by atoms with Gasteiger partial charge in [0.05, 0.1) is 11.6 Å². The van der Waals surface area contributed by atoms with E-state index < -0.39 is 17.7 Å². The molecule has 6 nitrogen and oxygen atoms in total. The molecule has 3 atom stereocenters. The molecule has 0 radical (unpaired) electrons. The fourth-order valence-corrected chi connectivity index (χ4v) is 5.36. The Labute approximate surface area is 196 Å². The summed E-state index contributed by atoms with van der Waals surface area (Å²) in [5.41, 5.74) is 8.09. The van der Waals surface area contributed by atoms with Crippen molar-refractivity contribution in [1.29, 1.82) is 0 Å². The Hall–Kier alpha value is -2.70. The van der Waals surface area contributed by atoms with Crippen molar-refractivity contribution in [3.63, 3.8) is 0 Å². The minimum absolute atomic E-state index is 0.0781. The number of amides is 2. The van der Waals surface area contributed by atoms with Crippen LogP contribution in [0.3, 0.4) is 0 Å². The summed E-state index contributed by atoms with van der Waals surface area (Å²) in [6, 6.07) is 17.2. The lowest BCUT2D eigenvalue weighted by Crippen LogP contribution is -2.59. The molecule has 2 aliphatic rings. The third-order valence-electron chi connectivity index (χ3n) is 7.47. The number of aliphatic hydroxyl groups excluding tert-OH is 1. The molecule has 1 spiro atoms. The molecule has 1 aliphatic carbocycles. The number of likely N-dealkylation sites (tertiary alicyclic amines) is 1. The number of nitrogens with two attached hydrogens (primary N) is 1. The normalized spacial score (nSPS) is 21.4. The van der Waals surface area contributed by atoms with E-state index in [2.05, 4.69) is 11.4 Å². The fraction of sp³-hybridized carbons (Fsp3) is 0.481. The molecule has 0 saturated carbocycles. The first-order valence-electron chi connectivity index (χ1n) is 11.8. The monoisotopic (exact) mass is 449 g/mol. The summed E-state index contributed by atoms with van der Waals surface area (Å²) in [6.45, 7) is 6.45. The average Bonchev–Trinajstić information content (AvgIpc) is 3.08. The molecule has 4 rings (SSSR count). The zero-order chi connectivity index (χ0) is 23.8. The lowest BCUT2D eigenvalue weighted by Gasteiger charge is -2.42. The van der Waals surface area contributed by atoms with Crippen molar-refractivity contribution in [3.8, 4) is 0 Å². The van der Waals surface area contributed by atoms with Crippen LogP contribution >= 0.6 is 0 Å². The molecular weight excluding hydrogens is 414 g/mol. The Morgan fingerprint density at radius 2 is 1.70 bits per heavy atom. The van der Waals surface area contributed by atoms with Crippen LogP contribution in [0.25, 0.3) is 0 Å². The van der Waals surface area contributed by atoms with Crippen LogP contribution in [0.15, 0.2) is 54.6 Å². The van der Waals surface area contributed by atoms with E-state index in [9.17, 15) is 14.7 Å². The van der Waals surface area contributed by atoms with E-state index >= 15 is 0 Å². The summed E-state index contributed by atoms with van der Waals surface area (Å²) in [4.78, 5) is 28.3. The highest BCUT2D eigenvalue weighted by molar-refractivity contribution is 5.92. The summed E-state index contributed by atoms with van der Waals surface area (Å²) < 4.78 is 0. The first-order chi connectivity index (χ1) is 15.6. The highest BCUT2D eigenvalue weighted by Crippen LogP contribution is 2.50. The molecule has 1 saturated heterocycles. The van der Waals surface area contributed by atoms with Gasteiger partial charge in [-0.15, -0.1) is 0 Å². The first-order valence-corrected chi connectivity index (χ1v) is 11.8. The SMILES string of the molecule is CC(c1ccccc1)C(NC(=O)C(C)(C)N)C(=O)N1CCC2(CC1)CC(O)c1ccccc12. The summed E-state index contributed by atoms with van der Waals surface area (Å²) in [5, 5.41) is 13.5. The largest absolute Gasteiger partial charge is 0.388 e. The smallest absolute Gasteiger partial charge is 0.245 e. The van der Waals surface area contributed by atoms with Gasteiger partial charge in [-0.05, 0) is 49.8 Å². The number of fused-ring (bicyclic) bond motifs is 2. The number of carbonyl (C=O) groups is 2. The van der Waals surface area contributed by atoms with Gasteiger partial charge in [-0.1, -0.05) is 61.5 Å². The molecule has 4 N–H and O–H groups in total. The molecule has 33 heavy (non-hydrogen) atoms. The van der Waals surface area contributed by atoms with Crippen molar-refractivity contribution in [2.75, 3.05) is 13.1 Å². The van der Waals surface area contributed by atoms with E-state index in [1.807, 2.05) is 60.4 Å². The van der Waals surface area contributed by atoms with Crippen molar-refractivity contribution in [1.82, 2.24) is 10.2 Å². The van der Waals surface area contributed by atoms with Crippen molar-refractivity contribution >= 4 is 11.8 Å². The Balaban J connectivity index is 1.53. The number of carbonyl (C=O) groups excluding carboxylic acids is 2. The van der Waals surface area contributed by atoms with E-state index in [-0.39, 0.29) is 23.1 Å². The number of hydrogen-bond acceptors (Lipinski definition) is 4. The highest BCUT2D eigenvalue weighted by Gasteiger charge is 2.46. The summed E-state index contributed by atoms with van der Waals surface area (Å²) in [6.07, 6.45) is 1.86. The third kappa shape index (κ3) is 4.55. The number of benzene rings is 2. The van der Waals surface area contributed by atoms with Gasteiger partial charge in [0.15, 0.2) is 0 Å². The molecule has 6 heteroatoms. The molecule has 2 aromatic rings. The molecule has 1 heterocycles. The van der Waals surface area contributed by atoms with E-state index in [0.29, 0.717) is 19.5 Å². The van der Waals surface area contributed by atoms with Gasteiger partial charge in [-0.3, -0.25) is 9.59 Å². The highest BCUT2D eigenvalue weighted by atomic mass is 16.3. The van der Waals surface area contributed by atoms with Gasteiger partial charge < -0.3 is 21.1 Å². The molecule has 1 fully saturated rings. The molecule has 2 aromatic carbocycles. The third-order valence-corrected chi connectivity index (χ3v) is 7.47. The zero-order valence-electron chi connectivity index (χ0n) is 19.8. The van der Waals surface area contributed by atoms with Crippen LogP contribution in [0.1, 0.15) is 68.7 Å². The van der Waals surface area contributed by atoms with Crippen LogP contribution in [-0.4, -0.2) is 46.5 Å². The van der Waals surface area contributed by atoms with Crippen molar-refractivity contribution < 1.29 is 14.7 Å². The number of hydrogen-bond donors (Lipinski definition) is 3. The topological polar surface area (TPSA) is 95.7 Å². The number of rotatable bonds is 5. The van der Waals surface area contributed by atoms with Gasteiger partial charge in [-0.25, -0.2) is 0 Å². The standard InChI is InChI=1S/C27H35N3O3/c1-18(19-9-5-4-6-10-19)23(29-25(33)26(2,3)28)24(32)30-15-13-27(14-16-30)17-22(31)20-11-7-8-12-21(20)27/h4-12,18,22-23,31H,13-17,28H2,1-3H3,(H,29,33). The maximum atomic E-state index is 13.7. The van der Waals surface area contributed by atoms with E-state index in [0.717, 1.165) is 24.0 Å². The zero-order valence-corrected chi connectivity index (χ0v) is 19.8. The Morgan fingerprint density at radius 3 is 2.33 bits per heavy atom. The second-order valence-corrected chi connectivity index (χ2v) is 10.3. The van der Waals surface area contributed by atoms with Crippen LogP contribution in [0, 0.1) is 0 Å². The lowest BCUT2D eigenvalue weighted by molar-refractivity contribution is -0.139. The molecule has 3 unspecified atom stereocenters. The van der Waals surface area contributed by atoms with Gasteiger partial charge in [0.25, 0.3) is 0 Å². The van der Waals surface area contributed by atoms with Gasteiger partial charge in [0, 0.05) is 24.4 Å². The average molecular weight is 450 g/mol. The molecular formula is C27H35N3O3. The van der Waals surface area contributed by atoms with Gasteiger partial charge in [-0.2, -0.15) is 0 Å². The van der Waals surface area contributed by atoms with Crippen LogP contribution in [0.5, 0.6) is 0 Å². The Morgan fingerprint density at radius 1 is 1.09 bits per heavy atom. The lowest BCUT2D eigenvalue weighted by atomic mass is 9.73. The molecule has 0 bridgehead atoms. The van der Waals surface area contributed by atoms with E-state index in [4.69, 9.17) is 5.73 Å². The molecule has 0 aromatic heterocycles. The van der Waals surface area contributed by atoms with Crippen LogP contribution in [0.2, 0.25) is 0 Å². The van der Waals surface area contributed by atoms with Gasteiger partial charge in [0.2, 0.25) is 11.8 Å². The minimum atomic E-state index is -1.08. The van der Waals surface area contributed by atoms with Crippen LogP contribution in [0.4, 0.5) is 0 Å². The Bertz CT molecular complexity index is 1010. The summed E-state index contributed by atoms with van der Waals surface area (Å²) in [7, 11) is 0. The summed E-state index contributed by atoms with van der Waals surface area (Å²) in [5.74, 6) is -0.620. The molecule has 2 amide bonds.